The van der Waals surface area contributed by atoms with Crippen LogP contribution in [0.5, 0.6) is 0 Å². The van der Waals surface area contributed by atoms with Crippen molar-refractivity contribution in [2.75, 3.05) is 0 Å². The molecule has 2 aromatic carbocycles. The van der Waals surface area contributed by atoms with E-state index in [9.17, 15) is 14.3 Å². The number of nitrogens with zero attached hydrogens (tertiary/aromatic N) is 1. The Balaban J connectivity index is 1.76. The Labute approximate surface area is 167 Å². The lowest BCUT2D eigenvalue weighted by atomic mass is 10.0. The van der Waals surface area contributed by atoms with Crippen LogP contribution in [0.25, 0.3) is 33.7 Å². The summed E-state index contributed by atoms with van der Waals surface area (Å²) >= 11 is 0. The Kier molecular flexibility index (Phi) is 5.12. The molecule has 0 N–H and O–H groups in total. The number of carboxylic acid groups (broad SMARTS) is 1. The van der Waals surface area contributed by atoms with E-state index in [0.717, 1.165) is 30.4 Å². The van der Waals surface area contributed by atoms with E-state index < -0.39 is 5.97 Å². The molecular formula is C24H19FNO3-. The number of halogens is 1. The first-order chi connectivity index (χ1) is 14.0. The van der Waals surface area contributed by atoms with E-state index in [-0.39, 0.29) is 11.4 Å². The first-order valence-electron chi connectivity index (χ1n) is 9.56. The summed E-state index contributed by atoms with van der Waals surface area (Å²) in [6.07, 6.45) is 2.99. The molecule has 0 saturated heterocycles. The Hall–Kier alpha value is -3.47. The normalized spacial score (nSPS) is 11.1. The van der Waals surface area contributed by atoms with Crippen molar-refractivity contribution in [2.45, 2.75) is 26.2 Å². The highest BCUT2D eigenvalue weighted by molar-refractivity contribution is 6.03. The number of hydrogen-bond donors (Lipinski definition) is 0. The summed E-state index contributed by atoms with van der Waals surface area (Å²) in [5, 5.41) is 12.3. The monoisotopic (exact) mass is 388 g/mol. The summed E-state index contributed by atoms with van der Waals surface area (Å²) in [5.74, 6) is -0.596. The summed E-state index contributed by atoms with van der Waals surface area (Å²) in [6.45, 7) is 2.12. The standard InChI is InChI=1S/C24H20FNO3/c1-2-3-4-15-5-10-20-18(13-15)19(24(27)28)14-21(26-20)23-12-11-22(29-23)16-6-8-17(25)9-7-16/h5-14H,2-4H2,1H3,(H,27,28)/p-1. The van der Waals surface area contributed by atoms with Crippen LogP contribution in [0.3, 0.4) is 0 Å². The Morgan fingerprint density at radius 1 is 1.03 bits per heavy atom. The second-order valence-corrected chi connectivity index (χ2v) is 6.97. The number of fused-ring (bicyclic) bond motifs is 1. The molecule has 5 heteroatoms. The van der Waals surface area contributed by atoms with Crippen molar-refractivity contribution in [1.29, 1.82) is 0 Å². The minimum absolute atomic E-state index is 0.0862. The summed E-state index contributed by atoms with van der Waals surface area (Å²) in [4.78, 5) is 16.4. The molecule has 0 amide bonds. The van der Waals surface area contributed by atoms with Gasteiger partial charge in [-0.25, -0.2) is 9.37 Å². The zero-order chi connectivity index (χ0) is 20.4. The van der Waals surface area contributed by atoms with Gasteiger partial charge in [-0.05, 0) is 73.0 Å². The van der Waals surface area contributed by atoms with Crippen LogP contribution in [-0.4, -0.2) is 11.0 Å². The van der Waals surface area contributed by atoms with Gasteiger partial charge in [0.1, 0.15) is 17.3 Å². The van der Waals surface area contributed by atoms with Crippen molar-refractivity contribution in [2.24, 2.45) is 0 Å². The van der Waals surface area contributed by atoms with Crippen LogP contribution in [-0.2, 0) is 6.42 Å². The van der Waals surface area contributed by atoms with Gasteiger partial charge in [0.05, 0.1) is 11.5 Å². The molecule has 0 unspecified atom stereocenters. The Morgan fingerprint density at radius 2 is 1.79 bits per heavy atom. The van der Waals surface area contributed by atoms with Gasteiger partial charge in [0.25, 0.3) is 0 Å². The van der Waals surface area contributed by atoms with E-state index >= 15 is 0 Å². The van der Waals surface area contributed by atoms with Crippen molar-refractivity contribution in [3.05, 3.63) is 77.6 Å². The molecule has 2 heterocycles. The van der Waals surface area contributed by atoms with Crippen LogP contribution in [0.4, 0.5) is 4.39 Å². The molecule has 4 rings (SSSR count). The zero-order valence-corrected chi connectivity index (χ0v) is 15.9. The van der Waals surface area contributed by atoms with E-state index in [0.29, 0.717) is 28.1 Å². The molecule has 0 aliphatic carbocycles. The molecule has 0 bridgehead atoms. The van der Waals surface area contributed by atoms with E-state index in [1.54, 1.807) is 24.3 Å². The van der Waals surface area contributed by atoms with Crippen molar-refractivity contribution < 1.29 is 18.7 Å². The van der Waals surface area contributed by atoms with Gasteiger partial charge in [-0.1, -0.05) is 19.4 Å². The largest absolute Gasteiger partial charge is 0.545 e. The van der Waals surface area contributed by atoms with Crippen LogP contribution in [0.15, 0.2) is 65.1 Å². The summed E-state index contributed by atoms with van der Waals surface area (Å²) in [7, 11) is 0. The first kappa shape index (κ1) is 18.9. The molecule has 0 saturated carbocycles. The fraction of sp³-hybridized carbons (Fsp3) is 0.167. The number of pyridine rings is 1. The predicted molar refractivity (Wildman–Crippen MR) is 108 cm³/mol. The smallest absolute Gasteiger partial charge is 0.153 e. The molecule has 4 nitrogen and oxygen atoms in total. The number of rotatable bonds is 6. The number of carbonyl (C=O) groups excluding carboxylic acids is 1. The van der Waals surface area contributed by atoms with E-state index in [4.69, 9.17) is 4.42 Å². The molecule has 0 aliphatic rings. The SMILES string of the molecule is CCCCc1ccc2nc(-c3ccc(-c4ccc(F)cc4)o3)cc(C(=O)[O-])c2c1. The number of aromatic nitrogens is 1. The maximum Gasteiger partial charge on any atom is 0.153 e. The predicted octanol–water partition coefficient (Wildman–Crippen LogP) is 5.01. The van der Waals surface area contributed by atoms with Crippen LogP contribution >= 0.6 is 0 Å². The number of hydrogen-bond acceptors (Lipinski definition) is 4. The highest BCUT2D eigenvalue weighted by Crippen LogP contribution is 2.30. The second-order valence-electron chi connectivity index (χ2n) is 6.97. The van der Waals surface area contributed by atoms with Crippen molar-refractivity contribution in [1.82, 2.24) is 4.98 Å². The van der Waals surface area contributed by atoms with Crippen molar-refractivity contribution in [3.63, 3.8) is 0 Å². The molecule has 29 heavy (non-hydrogen) atoms. The molecule has 0 atom stereocenters. The Morgan fingerprint density at radius 3 is 2.52 bits per heavy atom. The van der Waals surface area contributed by atoms with Crippen molar-refractivity contribution >= 4 is 16.9 Å². The second kappa shape index (κ2) is 7.87. The maximum atomic E-state index is 13.1. The molecule has 2 aromatic heterocycles. The molecular weight excluding hydrogens is 369 g/mol. The van der Waals surface area contributed by atoms with Gasteiger partial charge in [0.2, 0.25) is 0 Å². The molecule has 4 aromatic rings. The third kappa shape index (κ3) is 3.90. The number of aryl methyl sites for hydroxylation is 1. The fourth-order valence-corrected chi connectivity index (χ4v) is 3.35. The van der Waals surface area contributed by atoms with Gasteiger partial charge in [0, 0.05) is 16.5 Å². The highest BCUT2D eigenvalue weighted by Gasteiger charge is 2.13. The van der Waals surface area contributed by atoms with E-state index in [1.165, 1.54) is 18.2 Å². The fourth-order valence-electron chi connectivity index (χ4n) is 3.35. The summed E-state index contributed by atoms with van der Waals surface area (Å²) < 4.78 is 19.0. The number of furan rings is 1. The number of carbonyl (C=O) groups is 1. The quantitative estimate of drug-likeness (QED) is 0.466. The number of carboxylic acids is 1. The van der Waals surface area contributed by atoms with E-state index in [2.05, 4.69) is 11.9 Å². The van der Waals surface area contributed by atoms with Gasteiger partial charge >= 0.3 is 0 Å². The van der Waals surface area contributed by atoms with E-state index in [1.807, 2.05) is 18.2 Å². The lowest BCUT2D eigenvalue weighted by molar-refractivity contribution is -0.254. The van der Waals surface area contributed by atoms with Gasteiger partial charge < -0.3 is 14.3 Å². The van der Waals surface area contributed by atoms with Crippen LogP contribution < -0.4 is 5.11 Å². The average Bonchev–Trinajstić information content (AvgIpc) is 3.22. The Bertz CT molecular complexity index is 1180. The summed E-state index contributed by atoms with van der Waals surface area (Å²) in [5.41, 5.74) is 2.86. The van der Waals surface area contributed by atoms with Gasteiger partial charge in [-0.2, -0.15) is 0 Å². The van der Waals surface area contributed by atoms with Gasteiger partial charge in [-0.3, -0.25) is 0 Å². The first-order valence-corrected chi connectivity index (χ1v) is 9.56. The molecule has 0 aliphatic heterocycles. The van der Waals surface area contributed by atoms with Crippen LogP contribution in [0.2, 0.25) is 0 Å². The van der Waals surface area contributed by atoms with Crippen LogP contribution in [0, 0.1) is 5.82 Å². The third-order valence-corrected chi connectivity index (χ3v) is 4.90. The zero-order valence-electron chi connectivity index (χ0n) is 15.9. The van der Waals surface area contributed by atoms with Crippen LogP contribution in [0.1, 0.15) is 35.7 Å². The maximum absolute atomic E-state index is 13.1. The lowest BCUT2D eigenvalue weighted by Crippen LogP contribution is -2.22. The molecule has 0 spiro atoms. The molecule has 0 radical (unpaired) electrons. The minimum Gasteiger partial charge on any atom is -0.545 e. The lowest BCUT2D eigenvalue weighted by Gasteiger charge is -2.11. The van der Waals surface area contributed by atoms with Gasteiger partial charge in [0.15, 0.2) is 5.76 Å². The third-order valence-electron chi connectivity index (χ3n) is 4.90. The average molecular weight is 388 g/mol. The highest BCUT2D eigenvalue weighted by atomic mass is 19.1. The van der Waals surface area contributed by atoms with Gasteiger partial charge in [-0.15, -0.1) is 0 Å². The molecule has 146 valence electrons. The van der Waals surface area contributed by atoms with Crippen molar-refractivity contribution in [3.8, 4) is 22.8 Å². The number of unbranched alkanes of at least 4 members (excludes halogenated alkanes) is 1. The number of aromatic carboxylic acids is 1. The molecule has 0 fully saturated rings. The summed E-state index contributed by atoms with van der Waals surface area (Å²) in [6, 6.07) is 16.6. The number of benzene rings is 2. The topological polar surface area (TPSA) is 66.2 Å². The minimum atomic E-state index is -1.25.